The highest BCUT2D eigenvalue weighted by Gasteiger charge is 2.29. The quantitative estimate of drug-likeness (QED) is 0.291. The summed E-state index contributed by atoms with van der Waals surface area (Å²) in [6.45, 7) is 10.7. The summed E-state index contributed by atoms with van der Waals surface area (Å²) in [5.74, 6) is -2.00. The molecule has 0 aliphatic carbocycles. The number of hydrogen-bond donors (Lipinski definition) is 1. The van der Waals surface area contributed by atoms with E-state index in [-0.39, 0.29) is 17.2 Å². The van der Waals surface area contributed by atoms with Crippen LogP contribution in [0.4, 0.5) is 5.69 Å². The topological polar surface area (TPSA) is 113 Å². The summed E-state index contributed by atoms with van der Waals surface area (Å²) in [6, 6.07) is 3.61. The van der Waals surface area contributed by atoms with Crippen LogP contribution in [0.25, 0.3) is 0 Å². The van der Waals surface area contributed by atoms with Gasteiger partial charge in [0.05, 0.1) is 4.92 Å². The molecule has 2 N–H and O–H groups in total. The van der Waals surface area contributed by atoms with Gasteiger partial charge in [-0.1, -0.05) is 40.3 Å². The van der Waals surface area contributed by atoms with Crippen LogP contribution in [0, 0.1) is 15.5 Å². The van der Waals surface area contributed by atoms with E-state index in [0.29, 0.717) is 12.0 Å². The number of benzene rings is 1. The van der Waals surface area contributed by atoms with E-state index in [4.69, 9.17) is 10.5 Å². The van der Waals surface area contributed by atoms with Crippen molar-refractivity contribution in [3.8, 4) is 0 Å². The van der Waals surface area contributed by atoms with Gasteiger partial charge in [-0.05, 0) is 23.5 Å². The summed E-state index contributed by atoms with van der Waals surface area (Å²) in [6.07, 6.45) is 0.588. The lowest BCUT2D eigenvalue weighted by molar-refractivity contribution is -0.385. The van der Waals surface area contributed by atoms with Crippen LogP contribution < -0.4 is 5.73 Å². The first-order valence-corrected chi connectivity index (χ1v) is 7.48. The normalized spacial score (nSPS) is 12.4. The van der Waals surface area contributed by atoms with Gasteiger partial charge in [-0.15, -0.1) is 0 Å². The molecule has 1 atom stereocenters. The van der Waals surface area contributed by atoms with Crippen molar-refractivity contribution < 1.29 is 19.2 Å². The average molecular weight is 334 g/mol. The van der Waals surface area contributed by atoms with Crippen LogP contribution in [0.15, 0.2) is 30.4 Å². The molecule has 0 radical (unpaired) electrons. The van der Waals surface area contributed by atoms with Crippen molar-refractivity contribution >= 4 is 17.6 Å². The predicted molar refractivity (Wildman–Crippen MR) is 89.3 cm³/mol. The second-order valence-corrected chi connectivity index (χ2v) is 6.45. The van der Waals surface area contributed by atoms with Crippen molar-refractivity contribution in [1.29, 1.82) is 0 Å². The molecule has 0 fully saturated rings. The maximum atomic E-state index is 12.1. The maximum absolute atomic E-state index is 12.1. The van der Waals surface area contributed by atoms with Gasteiger partial charge < -0.3 is 10.5 Å². The lowest BCUT2D eigenvalue weighted by Crippen LogP contribution is -2.22. The summed E-state index contributed by atoms with van der Waals surface area (Å²) in [7, 11) is 0. The number of nitrogens with two attached hydrogens (primary N) is 1. The molecule has 7 heteroatoms. The van der Waals surface area contributed by atoms with Crippen molar-refractivity contribution in [2.45, 2.75) is 40.2 Å². The fourth-order valence-electron chi connectivity index (χ4n) is 1.85. The van der Waals surface area contributed by atoms with Crippen LogP contribution >= 0.6 is 0 Å². The third kappa shape index (κ3) is 4.48. The van der Waals surface area contributed by atoms with Gasteiger partial charge in [-0.2, -0.15) is 0 Å². The van der Waals surface area contributed by atoms with Crippen LogP contribution in [-0.4, -0.2) is 16.9 Å². The molecule has 1 aromatic rings. The molecule has 0 aliphatic rings. The number of hydrogen-bond acceptors (Lipinski definition) is 6. The Hall–Kier alpha value is -2.54. The molecule has 0 amide bonds. The first-order valence-electron chi connectivity index (χ1n) is 7.48. The lowest BCUT2D eigenvalue weighted by atomic mass is 9.88. The summed E-state index contributed by atoms with van der Waals surface area (Å²) in [4.78, 5) is 34.6. The van der Waals surface area contributed by atoms with E-state index in [2.05, 4.69) is 6.58 Å². The molecule has 0 bridgehead atoms. The lowest BCUT2D eigenvalue weighted by Gasteiger charge is -2.19. The molecular weight excluding hydrogens is 312 g/mol. The predicted octanol–water partition coefficient (Wildman–Crippen LogP) is 3.29. The smallest absolute Gasteiger partial charge is 0.353 e. The molecule has 0 aliphatic heterocycles. The van der Waals surface area contributed by atoms with Crippen LogP contribution in [0.5, 0.6) is 0 Å². The molecular formula is C17H22N2O5. The Kier molecular flexibility index (Phi) is 5.98. The van der Waals surface area contributed by atoms with E-state index in [1.165, 1.54) is 18.2 Å². The number of nitro groups is 1. The van der Waals surface area contributed by atoms with E-state index in [1.807, 2.05) is 6.92 Å². The van der Waals surface area contributed by atoms with Crippen molar-refractivity contribution in [3.63, 3.8) is 0 Å². The van der Waals surface area contributed by atoms with Gasteiger partial charge in [0.1, 0.15) is 5.56 Å². The number of carbonyl (C=O) groups is 2. The number of nitro benzene ring substituents is 1. The highest BCUT2D eigenvalue weighted by Crippen LogP contribution is 2.27. The number of carbonyl (C=O) groups excluding carboxylic acids is 2. The van der Waals surface area contributed by atoms with E-state index >= 15 is 0 Å². The monoisotopic (exact) mass is 334 g/mol. The van der Waals surface area contributed by atoms with Gasteiger partial charge in [0.2, 0.25) is 0 Å². The van der Waals surface area contributed by atoms with Crippen LogP contribution in [0.2, 0.25) is 0 Å². The van der Waals surface area contributed by atoms with Crippen molar-refractivity contribution in [1.82, 2.24) is 0 Å². The second kappa shape index (κ2) is 7.35. The summed E-state index contributed by atoms with van der Waals surface area (Å²) in [5.41, 5.74) is 5.15. The van der Waals surface area contributed by atoms with Crippen LogP contribution in [0.3, 0.4) is 0 Å². The minimum Gasteiger partial charge on any atom is -0.386 e. The fourth-order valence-corrected chi connectivity index (χ4v) is 1.85. The number of esters is 2. The fraction of sp³-hybridized carbons (Fsp3) is 0.412. The highest BCUT2D eigenvalue weighted by molar-refractivity contribution is 6.04. The maximum Gasteiger partial charge on any atom is 0.353 e. The van der Waals surface area contributed by atoms with Crippen molar-refractivity contribution in [2.24, 2.45) is 11.1 Å². The highest BCUT2D eigenvalue weighted by atomic mass is 16.6. The Morgan fingerprint density at radius 2 is 1.96 bits per heavy atom. The Morgan fingerprint density at radius 3 is 2.42 bits per heavy atom. The van der Waals surface area contributed by atoms with E-state index < -0.39 is 28.0 Å². The zero-order valence-electron chi connectivity index (χ0n) is 14.3. The third-order valence-corrected chi connectivity index (χ3v) is 3.64. The number of ether oxygens (including phenoxy) is 1. The Bertz CT molecular complexity index is 689. The largest absolute Gasteiger partial charge is 0.386 e. The number of nitrogens with zero attached hydrogens (tertiary/aromatic N) is 1. The zero-order valence-corrected chi connectivity index (χ0v) is 14.3. The van der Waals surface area contributed by atoms with Crippen molar-refractivity contribution in [2.75, 3.05) is 0 Å². The average Bonchev–Trinajstić information content (AvgIpc) is 2.51. The van der Waals surface area contributed by atoms with Crippen molar-refractivity contribution in [3.05, 3.63) is 51.6 Å². The first-order chi connectivity index (χ1) is 11.0. The molecule has 1 rings (SSSR count). The molecule has 0 heterocycles. The number of rotatable bonds is 5. The molecule has 0 spiro atoms. The molecule has 1 aromatic carbocycles. The molecule has 7 nitrogen and oxygen atoms in total. The molecule has 0 aromatic heterocycles. The molecule has 0 saturated heterocycles. The minimum absolute atomic E-state index is 0.100. The Labute approximate surface area is 140 Å². The Balaban J connectivity index is 3.13. The van der Waals surface area contributed by atoms with E-state index in [1.54, 1.807) is 20.8 Å². The van der Waals surface area contributed by atoms with Gasteiger partial charge in [0.25, 0.3) is 5.69 Å². The van der Waals surface area contributed by atoms with Crippen LogP contribution in [-0.2, 0) is 9.53 Å². The summed E-state index contributed by atoms with van der Waals surface area (Å²) >= 11 is 0. The summed E-state index contributed by atoms with van der Waals surface area (Å²) < 4.78 is 4.73. The molecule has 24 heavy (non-hydrogen) atoms. The molecule has 0 saturated carbocycles. The van der Waals surface area contributed by atoms with E-state index in [9.17, 15) is 19.7 Å². The molecule has 1 unspecified atom stereocenters. The second-order valence-electron chi connectivity index (χ2n) is 6.45. The zero-order chi connectivity index (χ0) is 18.7. The van der Waals surface area contributed by atoms with E-state index in [0.717, 1.165) is 0 Å². The SMILES string of the molecule is C=C(C(=O)OC(=O)c1ccc(C(N)CC)cc1[N+](=O)[O-])C(C)(C)C. The van der Waals surface area contributed by atoms with Gasteiger partial charge >= 0.3 is 11.9 Å². The van der Waals surface area contributed by atoms with Crippen LogP contribution in [0.1, 0.15) is 56.1 Å². The third-order valence-electron chi connectivity index (χ3n) is 3.64. The summed E-state index contributed by atoms with van der Waals surface area (Å²) in [5, 5.41) is 11.2. The van der Waals surface area contributed by atoms with Gasteiger partial charge in [-0.3, -0.25) is 10.1 Å². The standard InChI is InChI=1S/C17H22N2O5/c1-6-13(18)11-7-8-12(14(9-11)19(22)23)16(21)24-15(20)10(2)17(3,4)5/h7-9,13H,2,6,18H2,1,3-5H3. The van der Waals surface area contributed by atoms with Gasteiger partial charge in [0, 0.05) is 17.7 Å². The van der Waals surface area contributed by atoms with Gasteiger partial charge in [-0.25, -0.2) is 9.59 Å². The van der Waals surface area contributed by atoms with Gasteiger partial charge in [0.15, 0.2) is 0 Å². The Morgan fingerprint density at radius 1 is 1.38 bits per heavy atom. The first kappa shape index (κ1) is 19.5. The molecule has 130 valence electrons. The minimum atomic E-state index is -1.09.